The van der Waals surface area contributed by atoms with Crippen molar-refractivity contribution < 1.29 is 18.4 Å². The van der Waals surface area contributed by atoms with Gasteiger partial charge < -0.3 is 9.73 Å². The Kier molecular flexibility index (Phi) is 5.30. The Labute approximate surface area is 185 Å². The summed E-state index contributed by atoms with van der Waals surface area (Å²) in [5.74, 6) is 0.316. The Morgan fingerprint density at radius 1 is 1.00 bits per heavy atom. The molecule has 158 valence electrons. The molecule has 0 aliphatic rings. The molecular formula is C23H17N4O4S+. The standard InChI is InChI=1S/C23H16N4O4S/c28-20(14-32-22-23(29)31-26-27(22)17-6-2-1-3-7-17)24-16-12-10-15(11-13-16)21-25-18-8-4-5-9-19(18)30-21/h1-13H,14H2,(H-,24,25,26,28,29)/p+1. The van der Waals surface area contributed by atoms with Gasteiger partial charge in [0.15, 0.2) is 5.58 Å². The maximum atomic E-state index is 12.4. The van der Waals surface area contributed by atoms with E-state index in [1.54, 1.807) is 12.1 Å². The van der Waals surface area contributed by atoms with Gasteiger partial charge in [-0.2, -0.15) is 0 Å². The maximum absolute atomic E-state index is 12.4. The second kappa shape index (κ2) is 8.56. The number of nitrogens with one attached hydrogen (secondary N) is 2. The van der Waals surface area contributed by atoms with Crippen LogP contribution in [0.25, 0.3) is 28.2 Å². The van der Waals surface area contributed by atoms with Crippen molar-refractivity contribution >= 4 is 34.5 Å². The monoisotopic (exact) mass is 445 g/mol. The minimum Gasteiger partial charge on any atom is -0.436 e. The molecule has 8 nitrogen and oxygen atoms in total. The molecule has 5 rings (SSSR count). The molecule has 2 aromatic heterocycles. The van der Waals surface area contributed by atoms with Gasteiger partial charge in [0, 0.05) is 23.4 Å². The van der Waals surface area contributed by atoms with E-state index in [1.807, 2.05) is 66.7 Å². The lowest BCUT2D eigenvalue weighted by Crippen LogP contribution is -2.36. The van der Waals surface area contributed by atoms with E-state index in [-0.39, 0.29) is 16.7 Å². The Balaban J connectivity index is 1.24. The van der Waals surface area contributed by atoms with Crippen molar-refractivity contribution in [1.82, 2.24) is 10.3 Å². The molecule has 1 amide bonds. The van der Waals surface area contributed by atoms with E-state index in [1.165, 1.54) is 4.68 Å². The van der Waals surface area contributed by atoms with Crippen molar-refractivity contribution in [3.63, 3.8) is 0 Å². The zero-order valence-corrected chi connectivity index (χ0v) is 17.5. The number of aromatic nitrogens is 3. The molecule has 0 radical (unpaired) electrons. The van der Waals surface area contributed by atoms with E-state index in [0.717, 1.165) is 34.1 Å². The van der Waals surface area contributed by atoms with Crippen LogP contribution < -0.4 is 15.6 Å². The number of hydrogen-bond acceptors (Lipinski definition) is 6. The highest BCUT2D eigenvalue weighted by Crippen LogP contribution is 2.25. The predicted octanol–water partition coefficient (Wildman–Crippen LogP) is 3.78. The Morgan fingerprint density at radius 3 is 2.53 bits per heavy atom. The fraction of sp³-hybridized carbons (Fsp3) is 0.0435. The van der Waals surface area contributed by atoms with Crippen molar-refractivity contribution in [2.45, 2.75) is 5.03 Å². The highest BCUT2D eigenvalue weighted by molar-refractivity contribution is 7.99. The van der Waals surface area contributed by atoms with Gasteiger partial charge in [-0.15, -0.1) is 0 Å². The molecule has 0 saturated carbocycles. The number of benzene rings is 3. The van der Waals surface area contributed by atoms with E-state index in [9.17, 15) is 9.59 Å². The smallest absolute Gasteiger partial charge is 0.436 e. The van der Waals surface area contributed by atoms with Crippen LogP contribution in [0.4, 0.5) is 5.69 Å². The van der Waals surface area contributed by atoms with E-state index in [4.69, 9.17) is 8.94 Å². The number of rotatable bonds is 6. The number of nitrogens with zero attached hydrogens (tertiary/aromatic N) is 2. The number of para-hydroxylation sites is 3. The van der Waals surface area contributed by atoms with Gasteiger partial charge >= 0.3 is 10.7 Å². The zero-order valence-electron chi connectivity index (χ0n) is 16.6. The van der Waals surface area contributed by atoms with Crippen LogP contribution in [-0.2, 0) is 4.79 Å². The van der Waals surface area contributed by atoms with E-state index in [2.05, 4.69) is 15.6 Å². The number of amides is 1. The third kappa shape index (κ3) is 4.06. The predicted molar refractivity (Wildman–Crippen MR) is 120 cm³/mol. The molecule has 0 unspecified atom stereocenters. The van der Waals surface area contributed by atoms with Gasteiger partial charge in [-0.25, -0.2) is 9.78 Å². The van der Waals surface area contributed by atoms with Crippen LogP contribution >= 0.6 is 11.8 Å². The summed E-state index contributed by atoms with van der Waals surface area (Å²) in [4.78, 5) is 28.9. The first-order chi connectivity index (χ1) is 15.7. The molecule has 2 N–H and O–H groups in total. The molecule has 32 heavy (non-hydrogen) atoms. The summed E-state index contributed by atoms with van der Waals surface area (Å²) in [5, 5.41) is 5.67. The van der Waals surface area contributed by atoms with Crippen molar-refractivity contribution in [3.8, 4) is 17.1 Å². The molecule has 0 fully saturated rings. The fourth-order valence-corrected chi connectivity index (χ4v) is 3.93. The number of fused-ring (bicyclic) bond motifs is 1. The quantitative estimate of drug-likeness (QED) is 0.304. The normalized spacial score (nSPS) is 11.0. The lowest BCUT2D eigenvalue weighted by molar-refractivity contribution is -0.704. The largest absolute Gasteiger partial charge is 0.442 e. The van der Waals surface area contributed by atoms with Crippen molar-refractivity contribution in [2.24, 2.45) is 0 Å². The first kappa shape index (κ1) is 19.8. The second-order valence-corrected chi connectivity index (χ2v) is 7.82. The summed E-state index contributed by atoms with van der Waals surface area (Å²) < 4.78 is 12.2. The van der Waals surface area contributed by atoms with Gasteiger partial charge in [0.25, 0.3) is 0 Å². The molecule has 0 aliphatic carbocycles. The molecule has 0 atom stereocenters. The summed E-state index contributed by atoms with van der Waals surface area (Å²) >= 11 is 1.09. The Morgan fingerprint density at radius 2 is 1.75 bits per heavy atom. The number of thioether (sulfide) groups is 1. The van der Waals surface area contributed by atoms with Gasteiger partial charge in [0.2, 0.25) is 17.5 Å². The minimum absolute atomic E-state index is 0.0440. The molecular weight excluding hydrogens is 428 g/mol. The molecule has 0 aliphatic heterocycles. The van der Waals surface area contributed by atoms with Gasteiger partial charge in [-0.1, -0.05) is 30.3 Å². The molecule has 0 spiro atoms. The lowest BCUT2D eigenvalue weighted by atomic mass is 10.2. The highest BCUT2D eigenvalue weighted by atomic mass is 32.2. The third-order valence-electron chi connectivity index (χ3n) is 4.67. The Bertz CT molecular complexity index is 1410. The van der Waals surface area contributed by atoms with Crippen molar-refractivity contribution in [1.29, 1.82) is 0 Å². The Hall–Kier alpha value is -4.11. The number of carbonyl (C=O) groups excluding carboxylic acids is 1. The molecule has 5 aromatic rings. The second-order valence-electron chi connectivity index (χ2n) is 6.86. The average Bonchev–Trinajstić information content (AvgIpc) is 3.42. The summed E-state index contributed by atoms with van der Waals surface area (Å²) in [5.41, 5.74) is 3.15. The number of oxazole rings is 1. The number of anilines is 1. The van der Waals surface area contributed by atoms with Crippen LogP contribution in [0, 0.1) is 0 Å². The molecule has 0 bridgehead atoms. The lowest BCUT2D eigenvalue weighted by Gasteiger charge is -2.04. The average molecular weight is 445 g/mol. The van der Waals surface area contributed by atoms with Crippen molar-refractivity contribution in [3.05, 3.63) is 89.3 Å². The summed E-state index contributed by atoms with van der Waals surface area (Å²) in [6.07, 6.45) is 0. The first-order valence-corrected chi connectivity index (χ1v) is 10.7. The SMILES string of the molecule is O=C(CSc1c(=O)o[nH][n+]1-c1ccccc1)Nc1ccc(-c2nc3ccccc3o2)cc1. The zero-order chi connectivity index (χ0) is 21.9. The van der Waals surface area contributed by atoms with Gasteiger partial charge in [0.1, 0.15) is 5.52 Å². The maximum Gasteiger partial charge on any atom is 0.442 e. The molecule has 0 saturated heterocycles. The van der Waals surface area contributed by atoms with Crippen LogP contribution in [0.15, 0.2) is 97.6 Å². The third-order valence-corrected chi connectivity index (χ3v) is 5.70. The number of aromatic amines is 1. The topological polar surface area (TPSA) is 105 Å². The number of carbonyl (C=O) groups is 1. The van der Waals surface area contributed by atoms with Gasteiger partial charge in [0.05, 0.1) is 5.75 Å². The van der Waals surface area contributed by atoms with E-state index < -0.39 is 5.63 Å². The molecule has 3 aromatic carbocycles. The van der Waals surface area contributed by atoms with E-state index >= 15 is 0 Å². The van der Waals surface area contributed by atoms with Crippen LogP contribution in [0.3, 0.4) is 0 Å². The fourth-order valence-electron chi connectivity index (χ4n) is 3.16. The summed E-state index contributed by atoms with van der Waals surface area (Å²) in [7, 11) is 0. The highest BCUT2D eigenvalue weighted by Gasteiger charge is 2.24. The van der Waals surface area contributed by atoms with Crippen LogP contribution in [0.2, 0.25) is 0 Å². The van der Waals surface area contributed by atoms with Gasteiger partial charge in [-0.05, 0) is 58.1 Å². The number of hydrogen-bond donors (Lipinski definition) is 2. The summed E-state index contributed by atoms with van der Waals surface area (Å²) in [6.45, 7) is 0. The van der Waals surface area contributed by atoms with Crippen LogP contribution in [0.1, 0.15) is 0 Å². The first-order valence-electron chi connectivity index (χ1n) is 9.75. The molecule has 9 heteroatoms. The van der Waals surface area contributed by atoms with Crippen LogP contribution in [-0.4, -0.2) is 21.9 Å². The van der Waals surface area contributed by atoms with Crippen molar-refractivity contribution in [2.75, 3.05) is 11.1 Å². The summed E-state index contributed by atoms with van der Waals surface area (Å²) in [6, 6.07) is 24.0. The van der Waals surface area contributed by atoms with E-state index in [0.29, 0.717) is 11.6 Å². The van der Waals surface area contributed by atoms with Crippen LogP contribution in [0.5, 0.6) is 0 Å². The molecule has 2 heterocycles. The minimum atomic E-state index is -0.533. The number of H-pyrrole nitrogens is 1. The van der Waals surface area contributed by atoms with Gasteiger partial charge in [-0.3, -0.25) is 9.32 Å².